The van der Waals surface area contributed by atoms with Crippen LogP contribution >= 0.6 is 0 Å². The lowest BCUT2D eigenvalue weighted by Gasteiger charge is -2.35. The highest BCUT2D eigenvalue weighted by Gasteiger charge is 2.21. The van der Waals surface area contributed by atoms with E-state index in [2.05, 4.69) is 42.2 Å². The number of piperidine rings is 1. The molecular weight excluding hydrogens is 222 g/mol. The van der Waals surface area contributed by atoms with Crippen molar-refractivity contribution in [1.82, 2.24) is 4.90 Å². The van der Waals surface area contributed by atoms with Crippen molar-refractivity contribution in [3.63, 3.8) is 0 Å². The molecule has 0 aliphatic carbocycles. The molecule has 2 heteroatoms. The molecular formula is C16H25NO. The molecule has 1 heterocycles. The van der Waals surface area contributed by atoms with Gasteiger partial charge in [-0.05, 0) is 43.8 Å². The average molecular weight is 247 g/mol. The van der Waals surface area contributed by atoms with Gasteiger partial charge in [-0.1, -0.05) is 43.7 Å². The van der Waals surface area contributed by atoms with E-state index in [1.54, 1.807) is 0 Å². The number of aliphatic hydroxyl groups excluding tert-OH is 1. The first-order valence-electron chi connectivity index (χ1n) is 7.21. The van der Waals surface area contributed by atoms with Crippen molar-refractivity contribution in [3.05, 3.63) is 35.9 Å². The van der Waals surface area contributed by atoms with Crippen molar-refractivity contribution in [3.8, 4) is 0 Å². The van der Waals surface area contributed by atoms with E-state index in [9.17, 15) is 5.11 Å². The first-order valence-corrected chi connectivity index (χ1v) is 7.21. The van der Waals surface area contributed by atoms with Crippen molar-refractivity contribution in [1.29, 1.82) is 0 Å². The van der Waals surface area contributed by atoms with Crippen LogP contribution in [-0.2, 0) is 0 Å². The first kappa shape index (κ1) is 13.6. The summed E-state index contributed by atoms with van der Waals surface area (Å²) < 4.78 is 0. The molecule has 1 aromatic rings. The number of benzene rings is 1. The number of hydrogen-bond acceptors (Lipinski definition) is 2. The number of likely N-dealkylation sites (tertiary alicyclic amines) is 1. The Morgan fingerprint density at radius 2 is 2.06 bits per heavy atom. The first-order chi connectivity index (χ1) is 8.81. The predicted molar refractivity (Wildman–Crippen MR) is 75.8 cm³/mol. The Hall–Kier alpha value is -0.860. The van der Waals surface area contributed by atoms with Crippen LogP contribution in [0.25, 0.3) is 0 Å². The molecule has 0 spiro atoms. The van der Waals surface area contributed by atoms with Gasteiger partial charge in [0.1, 0.15) is 0 Å². The van der Waals surface area contributed by atoms with Crippen LogP contribution in [0.5, 0.6) is 0 Å². The summed E-state index contributed by atoms with van der Waals surface area (Å²) in [5.74, 6) is 0.604. The van der Waals surface area contributed by atoms with Gasteiger partial charge in [0.25, 0.3) is 0 Å². The van der Waals surface area contributed by atoms with Crippen LogP contribution in [0.4, 0.5) is 0 Å². The van der Waals surface area contributed by atoms with Gasteiger partial charge in [0.15, 0.2) is 0 Å². The number of aliphatic hydroxyl groups is 1. The van der Waals surface area contributed by atoms with Crippen LogP contribution in [0.3, 0.4) is 0 Å². The average Bonchev–Trinajstić information content (AvgIpc) is 2.46. The lowest BCUT2D eigenvalue weighted by Crippen LogP contribution is -2.42. The summed E-state index contributed by atoms with van der Waals surface area (Å²) in [5.41, 5.74) is 1.43. The van der Waals surface area contributed by atoms with Gasteiger partial charge in [-0.25, -0.2) is 0 Å². The van der Waals surface area contributed by atoms with Crippen LogP contribution in [-0.4, -0.2) is 35.7 Å². The minimum atomic E-state index is 0.319. The summed E-state index contributed by atoms with van der Waals surface area (Å²) in [4.78, 5) is 2.48. The van der Waals surface area contributed by atoms with Crippen molar-refractivity contribution in [2.24, 2.45) is 0 Å². The van der Waals surface area contributed by atoms with E-state index >= 15 is 0 Å². The Kier molecular flexibility index (Phi) is 5.21. The molecule has 0 amide bonds. The van der Waals surface area contributed by atoms with Gasteiger partial charge in [0.05, 0.1) is 6.61 Å². The normalized spacial score (nSPS) is 22.9. The van der Waals surface area contributed by atoms with Crippen LogP contribution in [0, 0.1) is 0 Å². The third-order valence-corrected chi connectivity index (χ3v) is 4.18. The topological polar surface area (TPSA) is 23.5 Å². The van der Waals surface area contributed by atoms with Crippen molar-refractivity contribution in [2.75, 3.05) is 19.7 Å². The summed E-state index contributed by atoms with van der Waals surface area (Å²) in [6, 6.07) is 11.1. The van der Waals surface area contributed by atoms with Crippen LogP contribution in [0.2, 0.25) is 0 Å². The zero-order valence-corrected chi connectivity index (χ0v) is 11.4. The largest absolute Gasteiger partial charge is 0.395 e. The summed E-state index contributed by atoms with van der Waals surface area (Å²) in [6.45, 7) is 4.89. The molecule has 100 valence electrons. The summed E-state index contributed by atoms with van der Waals surface area (Å²) in [7, 11) is 0. The highest BCUT2D eigenvalue weighted by atomic mass is 16.3. The standard InChI is InChI=1S/C16H25NO/c1-14(15-7-3-2-4-8-15)10-12-17-11-6-5-9-16(17)13-18/h2-4,7-8,14,16,18H,5-6,9-13H2,1H3/t14-,16+/m1/s1. The maximum atomic E-state index is 9.40. The van der Waals surface area contributed by atoms with Gasteiger partial charge in [0.2, 0.25) is 0 Å². The Bertz CT molecular complexity index is 338. The second kappa shape index (κ2) is 6.91. The molecule has 1 aromatic carbocycles. The monoisotopic (exact) mass is 247 g/mol. The fourth-order valence-corrected chi connectivity index (χ4v) is 2.87. The van der Waals surface area contributed by atoms with E-state index in [0.29, 0.717) is 18.6 Å². The Labute approximate surface area is 111 Å². The SMILES string of the molecule is C[C@H](CCN1CCCC[C@H]1CO)c1ccccc1. The van der Waals surface area contributed by atoms with Crippen molar-refractivity contribution < 1.29 is 5.11 Å². The summed E-state index contributed by atoms with van der Waals surface area (Å²) in [6.07, 6.45) is 4.91. The second-order valence-electron chi connectivity index (χ2n) is 5.47. The molecule has 1 aliphatic rings. The van der Waals surface area contributed by atoms with Gasteiger partial charge in [0, 0.05) is 6.04 Å². The van der Waals surface area contributed by atoms with E-state index < -0.39 is 0 Å². The lowest BCUT2D eigenvalue weighted by molar-refractivity contribution is 0.0878. The van der Waals surface area contributed by atoms with Gasteiger partial charge >= 0.3 is 0 Å². The molecule has 0 saturated carbocycles. The van der Waals surface area contributed by atoms with Crippen molar-refractivity contribution >= 4 is 0 Å². The number of hydrogen-bond donors (Lipinski definition) is 1. The highest BCUT2D eigenvalue weighted by molar-refractivity contribution is 5.18. The minimum absolute atomic E-state index is 0.319. The molecule has 0 unspecified atom stereocenters. The smallest absolute Gasteiger partial charge is 0.0586 e. The van der Waals surface area contributed by atoms with E-state index in [4.69, 9.17) is 0 Å². The molecule has 0 bridgehead atoms. The molecule has 0 aromatic heterocycles. The van der Waals surface area contributed by atoms with E-state index in [1.807, 2.05) is 0 Å². The highest BCUT2D eigenvalue weighted by Crippen LogP contribution is 2.22. The Morgan fingerprint density at radius 3 is 2.78 bits per heavy atom. The summed E-state index contributed by atoms with van der Waals surface area (Å²) in [5, 5.41) is 9.40. The molecule has 1 fully saturated rings. The molecule has 1 aliphatic heterocycles. The lowest BCUT2D eigenvalue weighted by atomic mass is 9.96. The van der Waals surface area contributed by atoms with Crippen molar-refractivity contribution in [2.45, 2.75) is 44.6 Å². The third kappa shape index (κ3) is 3.56. The molecule has 2 rings (SSSR count). The van der Waals surface area contributed by atoms with E-state index in [1.165, 1.54) is 24.8 Å². The van der Waals surface area contributed by atoms with E-state index in [-0.39, 0.29) is 0 Å². The molecule has 0 radical (unpaired) electrons. The maximum Gasteiger partial charge on any atom is 0.0586 e. The van der Waals surface area contributed by atoms with E-state index in [0.717, 1.165) is 19.5 Å². The summed E-state index contributed by atoms with van der Waals surface area (Å²) >= 11 is 0. The molecule has 2 atom stereocenters. The quantitative estimate of drug-likeness (QED) is 0.864. The van der Waals surface area contributed by atoms with Gasteiger partial charge in [-0.15, -0.1) is 0 Å². The molecule has 18 heavy (non-hydrogen) atoms. The maximum absolute atomic E-state index is 9.40. The fraction of sp³-hybridized carbons (Fsp3) is 0.625. The zero-order valence-electron chi connectivity index (χ0n) is 11.4. The fourth-order valence-electron chi connectivity index (χ4n) is 2.87. The minimum Gasteiger partial charge on any atom is -0.395 e. The predicted octanol–water partition coefficient (Wildman–Crippen LogP) is 3.03. The van der Waals surface area contributed by atoms with Gasteiger partial charge < -0.3 is 5.11 Å². The molecule has 1 N–H and O–H groups in total. The van der Waals surface area contributed by atoms with Crippen LogP contribution < -0.4 is 0 Å². The third-order valence-electron chi connectivity index (χ3n) is 4.18. The van der Waals surface area contributed by atoms with Gasteiger partial charge in [-0.3, -0.25) is 4.90 Å². The molecule has 2 nitrogen and oxygen atoms in total. The second-order valence-corrected chi connectivity index (χ2v) is 5.47. The van der Waals surface area contributed by atoms with Gasteiger partial charge in [-0.2, -0.15) is 0 Å². The zero-order chi connectivity index (χ0) is 12.8. The Morgan fingerprint density at radius 1 is 1.28 bits per heavy atom. The number of rotatable bonds is 5. The van der Waals surface area contributed by atoms with Crippen LogP contribution in [0.15, 0.2) is 30.3 Å². The number of nitrogens with zero attached hydrogens (tertiary/aromatic N) is 1. The Balaban J connectivity index is 1.83. The molecule has 1 saturated heterocycles. The van der Waals surface area contributed by atoms with Crippen LogP contribution in [0.1, 0.15) is 44.1 Å².